The highest BCUT2D eigenvalue weighted by atomic mass is 35.5. The summed E-state index contributed by atoms with van der Waals surface area (Å²) < 4.78 is 1.45. The molecule has 0 aromatic carbocycles. The van der Waals surface area contributed by atoms with Crippen LogP contribution < -0.4 is 11.0 Å². The lowest BCUT2D eigenvalue weighted by Crippen LogP contribution is -2.22. The van der Waals surface area contributed by atoms with Crippen LogP contribution in [0.25, 0.3) is 0 Å². The molecule has 0 unspecified atom stereocenters. The lowest BCUT2D eigenvalue weighted by molar-refractivity contribution is 0.711. The van der Waals surface area contributed by atoms with Crippen LogP contribution in [0.15, 0.2) is 35.4 Å². The van der Waals surface area contributed by atoms with Crippen molar-refractivity contribution in [3.63, 3.8) is 0 Å². The Morgan fingerprint density at radius 3 is 3.00 bits per heavy atom. The average Bonchev–Trinajstić information content (AvgIpc) is 2.35. The molecule has 0 saturated carbocycles. The summed E-state index contributed by atoms with van der Waals surface area (Å²) in [6.07, 6.45) is 3.11. The number of nitrogens with zero attached hydrogens (tertiary/aromatic N) is 3. The van der Waals surface area contributed by atoms with Gasteiger partial charge in [0.1, 0.15) is 5.82 Å². The Labute approximate surface area is 103 Å². The Kier molecular flexibility index (Phi) is 3.39. The summed E-state index contributed by atoms with van der Waals surface area (Å²) in [6.45, 7) is 0.307. The molecular weight excluding hydrogens is 240 g/mol. The quantitative estimate of drug-likeness (QED) is 0.894. The van der Waals surface area contributed by atoms with Gasteiger partial charge in [0.05, 0.1) is 17.3 Å². The first-order valence-corrected chi connectivity index (χ1v) is 5.43. The molecule has 2 heterocycles. The van der Waals surface area contributed by atoms with Gasteiger partial charge in [0.25, 0.3) is 0 Å². The monoisotopic (exact) mass is 250 g/mol. The first kappa shape index (κ1) is 11.6. The van der Waals surface area contributed by atoms with Crippen LogP contribution >= 0.6 is 11.6 Å². The van der Waals surface area contributed by atoms with Gasteiger partial charge in [0.2, 0.25) is 0 Å². The maximum absolute atomic E-state index is 11.5. The van der Waals surface area contributed by atoms with Crippen LogP contribution in [0.2, 0.25) is 5.02 Å². The minimum absolute atomic E-state index is 0.307. The second-order valence-electron chi connectivity index (χ2n) is 3.41. The van der Waals surface area contributed by atoms with Crippen molar-refractivity contribution in [1.82, 2.24) is 14.5 Å². The van der Waals surface area contributed by atoms with Gasteiger partial charge in [0, 0.05) is 19.4 Å². The molecule has 2 rings (SSSR count). The molecule has 0 spiro atoms. The average molecular weight is 251 g/mol. The number of nitrogens with one attached hydrogen (secondary N) is 1. The molecular formula is C11H11ClN4O. The van der Waals surface area contributed by atoms with Crippen LogP contribution in [0, 0.1) is 0 Å². The Hall–Kier alpha value is -1.88. The summed E-state index contributed by atoms with van der Waals surface area (Å²) in [6, 6.07) is 5.21. The van der Waals surface area contributed by atoms with E-state index in [1.807, 2.05) is 0 Å². The SMILES string of the molecule is CNc1ccc(Cl)c(Cn2cccnc2=O)n1. The number of hydrogen-bond acceptors (Lipinski definition) is 4. The third-order valence-electron chi connectivity index (χ3n) is 2.28. The van der Waals surface area contributed by atoms with Crippen LogP contribution in [0.1, 0.15) is 5.69 Å². The van der Waals surface area contributed by atoms with Crippen molar-refractivity contribution in [3.8, 4) is 0 Å². The van der Waals surface area contributed by atoms with E-state index >= 15 is 0 Å². The highest BCUT2D eigenvalue weighted by Crippen LogP contribution is 2.16. The normalized spacial score (nSPS) is 10.2. The molecule has 1 N–H and O–H groups in total. The Morgan fingerprint density at radius 2 is 2.29 bits per heavy atom. The molecule has 0 amide bonds. The van der Waals surface area contributed by atoms with Crippen molar-refractivity contribution in [2.75, 3.05) is 12.4 Å². The van der Waals surface area contributed by atoms with Crippen LogP contribution in [0.4, 0.5) is 5.82 Å². The molecule has 0 saturated heterocycles. The predicted molar refractivity (Wildman–Crippen MR) is 66.4 cm³/mol. The summed E-state index contributed by atoms with van der Waals surface area (Å²) in [5, 5.41) is 3.45. The number of halogens is 1. The maximum atomic E-state index is 11.5. The van der Waals surface area contributed by atoms with Crippen molar-refractivity contribution < 1.29 is 0 Å². The van der Waals surface area contributed by atoms with Crippen LogP contribution in [0.3, 0.4) is 0 Å². The van der Waals surface area contributed by atoms with Crippen molar-refractivity contribution in [2.24, 2.45) is 0 Å². The summed E-state index contributed by atoms with van der Waals surface area (Å²) in [5.74, 6) is 0.710. The number of anilines is 1. The Balaban J connectivity index is 2.36. The van der Waals surface area contributed by atoms with E-state index in [1.165, 1.54) is 10.8 Å². The number of aromatic nitrogens is 3. The molecule has 0 radical (unpaired) electrons. The van der Waals surface area contributed by atoms with E-state index in [4.69, 9.17) is 11.6 Å². The second-order valence-corrected chi connectivity index (χ2v) is 3.81. The molecule has 0 bridgehead atoms. The van der Waals surface area contributed by atoms with Crippen LogP contribution in [-0.2, 0) is 6.54 Å². The van der Waals surface area contributed by atoms with Gasteiger partial charge in [-0.2, -0.15) is 0 Å². The number of rotatable bonds is 3. The van der Waals surface area contributed by atoms with Crippen molar-refractivity contribution in [1.29, 1.82) is 0 Å². The minimum atomic E-state index is -0.319. The third kappa shape index (κ3) is 2.62. The molecule has 0 atom stereocenters. The Bertz CT molecular complexity index is 582. The van der Waals surface area contributed by atoms with E-state index in [2.05, 4.69) is 15.3 Å². The molecule has 5 nitrogen and oxygen atoms in total. The summed E-state index contributed by atoms with van der Waals surface area (Å²) in [7, 11) is 1.77. The predicted octanol–water partition coefficient (Wildman–Crippen LogP) is 1.38. The molecule has 0 fully saturated rings. The molecule has 0 aliphatic carbocycles. The van der Waals surface area contributed by atoms with Gasteiger partial charge >= 0.3 is 5.69 Å². The fourth-order valence-corrected chi connectivity index (χ4v) is 1.57. The smallest absolute Gasteiger partial charge is 0.347 e. The zero-order chi connectivity index (χ0) is 12.3. The molecule has 2 aromatic rings. The zero-order valence-corrected chi connectivity index (χ0v) is 9.98. The zero-order valence-electron chi connectivity index (χ0n) is 9.22. The van der Waals surface area contributed by atoms with E-state index in [0.717, 1.165) is 0 Å². The van der Waals surface area contributed by atoms with Crippen LogP contribution in [-0.4, -0.2) is 21.6 Å². The lowest BCUT2D eigenvalue weighted by atomic mass is 10.3. The van der Waals surface area contributed by atoms with E-state index in [0.29, 0.717) is 23.1 Å². The van der Waals surface area contributed by atoms with E-state index in [9.17, 15) is 4.79 Å². The molecule has 2 aromatic heterocycles. The highest BCUT2D eigenvalue weighted by Gasteiger charge is 2.05. The Morgan fingerprint density at radius 1 is 1.47 bits per heavy atom. The minimum Gasteiger partial charge on any atom is -0.373 e. The van der Waals surface area contributed by atoms with Gasteiger partial charge < -0.3 is 5.32 Å². The third-order valence-corrected chi connectivity index (χ3v) is 2.62. The number of hydrogen-bond donors (Lipinski definition) is 1. The van der Waals surface area contributed by atoms with Gasteiger partial charge in [-0.05, 0) is 18.2 Å². The molecule has 0 aliphatic rings. The fourth-order valence-electron chi connectivity index (χ4n) is 1.40. The summed E-state index contributed by atoms with van der Waals surface area (Å²) >= 11 is 6.03. The van der Waals surface area contributed by atoms with Crippen LogP contribution in [0.5, 0.6) is 0 Å². The van der Waals surface area contributed by atoms with Gasteiger partial charge in [-0.15, -0.1) is 0 Å². The highest BCUT2D eigenvalue weighted by molar-refractivity contribution is 6.31. The second kappa shape index (κ2) is 4.97. The summed E-state index contributed by atoms with van der Waals surface area (Å²) in [5.41, 5.74) is 0.314. The molecule has 0 aliphatic heterocycles. The largest absolute Gasteiger partial charge is 0.373 e. The van der Waals surface area contributed by atoms with Crippen molar-refractivity contribution >= 4 is 17.4 Å². The fraction of sp³-hybridized carbons (Fsp3) is 0.182. The summed E-state index contributed by atoms with van der Waals surface area (Å²) in [4.78, 5) is 19.4. The molecule has 17 heavy (non-hydrogen) atoms. The van der Waals surface area contributed by atoms with Crippen molar-refractivity contribution in [2.45, 2.75) is 6.54 Å². The van der Waals surface area contributed by atoms with Gasteiger partial charge in [-0.1, -0.05) is 11.6 Å². The standard InChI is InChI=1S/C11H11ClN4O/c1-13-10-4-3-8(12)9(15-10)7-16-6-2-5-14-11(16)17/h2-6H,7H2,1H3,(H,13,15). The van der Waals surface area contributed by atoms with Crippen molar-refractivity contribution in [3.05, 3.63) is 51.8 Å². The van der Waals surface area contributed by atoms with E-state index in [1.54, 1.807) is 31.4 Å². The number of pyridine rings is 1. The van der Waals surface area contributed by atoms with Gasteiger partial charge in [0.15, 0.2) is 0 Å². The lowest BCUT2D eigenvalue weighted by Gasteiger charge is -2.07. The first-order chi connectivity index (χ1) is 8.20. The van der Waals surface area contributed by atoms with E-state index in [-0.39, 0.29) is 5.69 Å². The molecule has 88 valence electrons. The first-order valence-electron chi connectivity index (χ1n) is 5.05. The van der Waals surface area contributed by atoms with E-state index < -0.39 is 0 Å². The van der Waals surface area contributed by atoms with Gasteiger partial charge in [-0.3, -0.25) is 4.57 Å². The topological polar surface area (TPSA) is 59.8 Å². The molecule has 6 heteroatoms. The van der Waals surface area contributed by atoms with Gasteiger partial charge in [-0.25, -0.2) is 14.8 Å². The maximum Gasteiger partial charge on any atom is 0.347 e.